The number of piperidine rings is 1. The summed E-state index contributed by atoms with van der Waals surface area (Å²) in [6, 6.07) is 1.90. The molecule has 1 aromatic heterocycles. The molecule has 0 aliphatic carbocycles. The maximum Gasteiger partial charge on any atom is 0.263 e. The van der Waals surface area contributed by atoms with Crippen molar-refractivity contribution in [3.63, 3.8) is 0 Å². The number of carbonyl (C=O) groups is 1. The Morgan fingerprint density at radius 2 is 1.92 bits per heavy atom. The number of amides is 1. The van der Waals surface area contributed by atoms with Crippen LogP contribution < -0.4 is 16.2 Å². The van der Waals surface area contributed by atoms with Gasteiger partial charge in [-0.1, -0.05) is 0 Å². The van der Waals surface area contributed by atoms with E-state index < -0.39 is 0 Å². The van der Waals surface area contributed by atoms with Gasteiger partial charge in [0.1, 0.15) is 5.56 Å². The third-order valence-corrected chi connectivity index (χ3v) is 4.85. The normalized spacial score (nSPS) is 20.4. The third kappa shape index (κ3) is 5.20. The highest BCUT2D eigenvalue weighted by atomic mass is 35.5. The first-order valence-corrected chi connectivity index (χ1v) is 8.57. The SMILES string of the molecule is Cc1ccn(CC2CCCNC2)c(=O)c1C(=O)N1CCNCC1.Cl.Cl. The molecule has 8 heteroatoms. The van der Waals surface area contributed by atoms with Crippen molar-refractivity contribution in [3.8, 4) is 0 Å². The van der Waals surface area contributed by atoms with Gasteiger partial charge in [-0.15, -0.1) is 24.8 Å². The van der Waals surface area contributed by atoms with Gasteiger partial charge in [0.15, 0.2) is 0 Å². The fourth-order valence-corrected chi connectivity index (χ4v) is 3.45. The molecular weight excluding hydrogens is 363 g/mol. The summed E-state index contributed by atoms with van der Waals surface area (Å²) >= 11 is 0. The van der Waals surface area contributed by atoms with Crippen LogP contribution >= 0.6 is 24.8 Å². The lowest BCUT2D eigenvalue weighted by molar-refractivity contribution is 0.0732. The molecule has 2 aliphatic heterocycles. The molecule has 0 radical (unpaired) electrons. The maximum absolute atomic E-state index is 12.8. The van der Waals surface area contributed by atoms with Crippen molar-refractivity contribution in [2.75, 3.05) is 39.3 Å². The Morgan fingerprint density at radius 1 is 1.20 bits per heavy atom. The second kappa shape index (κ2) is 10.2. The van der Waals surface area contributed by atoms with Crippen LogP contribution in [0.5, 0.6) is 0 Å². The van der Waals surface area contributed by atoms with Crippen LogP contribution in [0.15, 0.2) is 17.1 Å². The summed E-state index contributed by atoms with van der Waals surface area (Å²) in [5, 5.41) is 6.61. The summed E-state index contributed by atoms with van der Waals surface area (Å²) in [4.78, 5) is 27.4. The molecule has 0 aromatic carbocycles. The zero-order valence-corrected chi connectivity index (χ0v) is 16.3. The van der Waals surface area contributed by atoms with Crippen LogP contribution in [0.3, 0.4) is 0 Å². The third-order valence-electron chi connectivity index (χ3n) is 4.85. The average Bonchev–Trinajstić information content (AvgIpc) is 2.59. The summed E-state index contributed by atoms with van der Waals surface area (Å²) in [6.45, 7) is 7.46. The quantitative estimate of drug-likeness (QED) is 0.809. The van der Waals surface area contributed by atoms with Gasteiger partial charge in [0.2, 0.25) is 0 Å². The van der Waals surface area contributed by atoms with Gasteiger partial charge in [0, 0.05) is 38.9 Å². The second-order valence-corrected chi connectivity index (χ2v) is 6.59. The smallest absolute Gasteiger partial charge is 0.263 e. The predicted molar refractivity (Wildman–Crippen MR) is 104 cm³/mol. The summed E-state index contributed by atoms with van der Waals surface area (Å²) in [5.41, 5.74) is 0.980. The molecule has 1 aromatic rings. The molecule has 1 atom stereocenters. The van der Waals surface area contributed by atoms with Crippen molar-refractivity contribution in [3.05, 3.63) is 33.7 Å². The van der Waals surface area contributed by atoms with Crippen LogP contribution in [0.2, 0.25) is 0 Å². The monoisotopic (exact) mass is 390 g/mol. The van der Waals surface area contributed by atoms with Gasteiger partial charge >= 0.3 is 0 Å². The lowest BCUT2D eigenvalue weighted by atomic mass is 9.99. The van der Waals surface area contributed by atoms with Crippen molar-refractivity contribution >= 4 is 30.7 Å². The first-order chi connectivity index (χ1) is 11.2. The number of halogens is 2. The number of rotatable bonds is 3. The Morgan fingerprint density at radius 3 is 2.56 bits per heavy atom. The van der Waals surface area contributed by atoms with Crippen molar-refractivity contribution in [2.24, 2.45) is 5.92 Å². The number of piperazine rings is 1. The lowest BCUT2D eigenvalue weighted by Gasteiger charge is -2.28. The molecule has 142 valence electrons. The van der Waals surface area contributed by atoms with E-state index in [9.17, 15) is 9.59 Å². The Hall–Kier alpha value is -1.08. The van der Waals surface area contributed by atoms with Gasteiger partial charge in [0.25, 0.3) is 11.5 Å². The van der Waals surface area contributed by atoms with E-state index in [0.717, 1.165) is 44.6 Å². The molecule has 3 heterocycles. The van der Waals surface area contributed by atoms with Crippen molar-refractivity contribution < 1.29 is 4.79 Å². The van der Waals surface area contributed by atoms with Gasteiger partial charge < -0.3 is 20.1 Å². The van der Waals surface area contributed by atoms with Crippen LogP contribution in [0.25, 0.3) is 0 Å². The zero-order chi connectivity index (χ0) is 16.2. The number of hydrogen-bond donors (Lipinski definition) is 2. The first kappa shape index (κ1) is 22.0. The van der Waals surface area contributed by atoms with E-state index in [4.69, 9.17) is 0 Å². The van der Waals surface area contributed by atoms with E-state index in [-0.39, 0.29) is 36.3 Å². The Kier molecular flexibility index (Phi) is 8.93. The Labute approximate surface area is 161 Å². The van der Waals surface area contributed by atoms with Crippen molar-refractivity contribution in [2.45, 2.75) is 26.3 Å². The van der Waals surface area contributed by atoms with Crippen LogP contribution in [-0.2, 0) is 6.54 Å². The zero-order valence-electron chi connectivity index (χ0n) is 14.6. The fraction of sp³-hybridized carbons (Fsp3) is 0.647. The fourth-order valence-electron chi connectivity index (χ4n) is 3.45. The van der Waals surface area contributed by atoms with E-state index >= 15 is 0 Å². The van der Waals surface area contributed by atoms with E-state index in [1.54, 1.807) is 9.47 Å². The van der Waals surface area contributed by atoms with Crippen LogP contribution in [0, 0.1) is 12.8 Å². The molecule has 3 rings (SSSR count). The summed E-state index contributed by atoms with van der Waals surface area (Å²) in [5.74, 6) is 0.344. The molecule has 6 nitrogen and oxygen atoms in total. The summed E-state index contributed by atoms with van der Waals surface area (Å²) < 4.78 is 1.72. The maximum atomic E-state index is 12.8. The number of pyridine rings is 1. The summed E-state index contributed by atoms with van der Waals surface area (Å²) in [6.07, 6.45) is 4.12. The van der Waals surface area contributed by atoms with E-state index in [0.29, 0.717) is 31.1 Å². The van der Waals surface area contributed by atoms with E-state index in [2.05, 4.69) is 10.6 Å². The minimum atomic E-state index is -0.140. The molecule has 25 heavy (non-hydrogen) atoms. The second-order valence-electron chi connectivity index (χ2n) is 6.59. The number of carbonyl (C=O) groups excluding carboxylic acids is 1. The standard InChI is InChI=1S/C17H26N4O2.2ClH/c1-13-4-8-21(12-14-3-2-5-19-11-14)17(23)15(13)16(22)20-9-6-18-7-10-20;;/h4,8,14,18-19H,2-3,5-7,9-12H2,1H3;2*1H. The van der Waals surface area contributed by atoms with Gasteiger partial charge in [-0.2, -0.15) is 0 Å². The van der Waals surface area contributed by atoms with Gasteiger partial charge in [-0.25, -0.2) is 0 Å². The average molecular weight is 391 g/mol. The highest BCUT2D eigenvalue weighted by Gasteiger charge is 2.24. The predicted octanol–water partition coefficient (Wildman–Crippen LogP) is 1.05. The van der Waals surface area contributed by atoms with Crippen LogP contribution in [-0.4, -0.2) is 54.6 Å². The molecular formula is C17H28Cl2N4O2. The van der Waals surface area contributed by atoms with Crippen molar-refractivity contribution in [1.29, 1.82) is 0 Å². The molecule has 2 fully saturated rings. The Bertz CT molecular complexity index is 624. The number of aryl methyl sites for hydroxylation is 1. The van der Waals surface area contributed by atoms with Gasteiger partial charge in [-0.3, -0.25) is 9.59 Å². The molecule has 2 N–H and O–H groups in total. The molecule has 1 amide bonds. The number of hydrogen-bond acceptors (Lipinski definition) is 4. The lowest BCUT2D eigenvalue weighted by Crippen LogP contribution is -2.48. The minimum Gasteiger partial charge on any atom is -0.336 e. The molecule has 2 aliphatic rings. The van der Waals surface area contributed by atoms with Gasteiger partial charge in [0.05, 0.1) is 0 Å². The van der Waals surface area contributed by atoms with E-state index in [1.165, 1.54) is 0 Å². The number of aromatic nitrogens is 1. The van der Waals surface area contributed by atoms with Crippen LogP contribution in [0.1, 0.15) is 28.8 Å². The molecule has 0 bridgehead atoms. The van der Waals surface area contributed by atoms with Gasteiger partial charge in [-0.05, 0) is 50.4 Å². The first-order valence-electron chi connectivity index (χ1n) is 8.57. The molecule has 1 unspecified atom stereocenters. The van der Waals surface area contributed by atoms with Crippen LogP contribution in [0.4, 0.5) is 0 Å². The molecule has 0 spiro atoms. The minimum absolute atomic E-state index is 0. The molecule has 0 saturated carbocycles. The number of nitrogens with zero attached hydrogens (tertiary/aromatic N) is 2. The Balaban J connectivity index is 0.00000156. The summed E-state index contributed by atoms with van der Waals surface area (Å²) in [7, 11) is 0. The number of nitrogens with one attached hydrogen (secondary N) is 2. The van der Waals surface area contributed by atoms with E-state index in [1.807, 2.05) is 19.2 Å². The highest BCUT2D eigenvalue weighted by molar-refractivity contribution is 5.95. The molecule has 2 saturated heterocycles. The topological polar surface area (TPSA) is 66.4 Å². The highest BCUT2D eigenvalue weighted by Crippen LogP contribution is 2.13. The van der Waals surface area contributed by atoms with Crippen molar-refractivity contribution in [1.82, 2.24) is 20.1 Å². The largest absolute Gasteiger partial charge is 0.336 e.